The Hall–Kier alpha value is -2.73. The molecule has 2 amide bonds. The molecule has 0 fully saturated rings. The first kappa shape index (κ1) is 23.3. The average Bonchev–Trinajstić information content (AvgIpc) is 2.67. The van der Waals surface area contributed by atoms with Crippen LogP contribution < -0.4 is 21.1 Å². The van der Waals surface area contributed by atoms with Crippen LogP contribution in [0.3, 0.4) is 0 Å². The number of methoxy groups -OCH3 is 1. The average molecular weight is 406 g/mol. The number of rotatable bonds is 8. The number of ether oxygens (including phenoxy) is 1. The van der Waals surface area contributed by atoms with Crippen LogP contribution in [0.25, 0.3) is 0 Å². The van der Waals surface area contributed by atoms with E-state index < -0.39 is 6.04 Å². The lowest BCUT2D eigenvalue weighted by atomic mass is 10.0. The van der Waals surface area contributed by atoms with Crippen LogP contribution in [0.2, 0.25) is 0 Å². The topological polar surface area (TPSA) is 93.4 Å². The lowest BCUT2D eigenvalue weighted by molar-refractivity contribution is -0.123. The molecule has 0 saturated carbocycles. The molecule has 0 spiro atoms. The minimum Gasteiger partial charge on any atom is -0.496 e. The van der Waals surface area contributed by atoms with Crippen LogP contribution in [0.5, 0.6) is 5.75 Å². The minimum atomic E-state index is -0.631. The first-order valence-electron chi connectivity index (χ1n) is 8.98. The zero-order valence-electron chi connectivity index (χ0n) is 16.4. The number of carbonyl (C=O) groups excluding carboxylic acids is 2. The van der Waals surface area contributed by atoms with E-state index in [0.29, 0.717) is 30.0 Å². The monoisotopic (exact) mass is 405 g/mol. The number of halogens is 1. The third kappa shape index (κ3) is 6.46. The zero-order chi connectivity index (χ0) is 19.8. The van der Waals surface area contributed by atoms with Crippen molar-refractivity contribution in [2.45, 2.75) is 26.3 Å². The van der Waals surface area contributed by atoms with Gasteiger partial charge in [0, 0.05) is 12.2 Å². The molecule has 0 bridgehead atoms. The molecule has 2 aromatic rings. The van der Waals surface area contributed by atoms with Gasteiger partial charge in [0.05, 0.1) is 12.7 Å². The van der Waals surface area contributed by atoms with E-state index in [1.165, 1.54) is 7.11 Å². The van der Waals surface area contributed by atoms with E-state index in [4.69, 9.17) is 10.5 Å². The molecule has 1 atom stereocenters. The van der Waals surface area contributed by atoms with Gasteiger partial charge in [-0.2, -0.15) is 0 Å². The Labute approximate surface area is 172 Å². The normalized spacial score (nSPS) is 11.3. The predicted octanol–water partition coefficient (Wildman–Crippen LogP) is 2.81. The van der Waals surface area contributed by atoms with Crippen molar-refractivity contribution >= 4 is 29.9 Å². The molecule has 4 N–H and O–H groups in total. The van der Waals surface area contributed by atoms with E-state index in [1.807, 2.05) is 38.1 Å². The SMILES string of the molecule is COc1ccccc1C(=O)NC(C(=O)NCCc1ccc(N)cc1)C(C)C.Cl. The molecule has 0 radical (unpaired) electrons. The highest BCUT2D eigenvalue weighted by Gasteiger charge is 2.25. The Bertz CT molecular complexity index is 779. The molecule has 2 rings (SSSR count). The molecule has 28 heavy (non-hydrogen) atoms. The molecule has 0 aromatic heterocycles. The summed E-state index contributed by atoms with van der Waals surface area (Å²) in [5.74, 6) is -0.120. The van der Waals surface area contributed by atoms with Gasteiger partial charge in [0.25, 0.3) is 5.91 Å². The minimum absolute atomic E-state index is 0. The smallest absolute Gasteiger partial charge is 0.255 e. The van der Waals surface area contributed by atoms with Gasteiger partial charge in [-0.25, -0.2) is 0 Å². The lowest BCUT2D eigenvalue weighted by Crippen LogP contribution is -2.50. The maximum absolute atomic E-state index is 12.6. The number of carbonyl (C=O) groups is 2. The molecule has 6 nitrogen and oxygen atoms in total. The summed E-state index contributed by atoms with van der Waals surface area (Å²) in [6.07, 6.45) is 0.692. The summed E-state index contributed by atoms with van der Waals surface area (Å²) in [5, 5.41) is 5.71. The molecule has 0 aliphatic heterocycles. The van der Waals surface area contributed by atoms with Gasteiger partial charge < -0.3 is 21.1 Å². The van der Waals surface area contributed by atoms with Crippen molar-refractivity contribution in [2.24, 2.45) is 5.92 Å². The fourth-order valence-corrected chi connectivity index (χ4v) is 2.71. The van der Waals surface area contributed by atoms with Crippen LogP contribution in [0, 0.1) is 5.92 Å². The van der Waals surface area contributed by atoms with Crippen LogP contribution >= 0.6 is 12.4 Å². The Morgan fingerprint density at radius 2 is 1.71 bits per heavy atom. The van der Waals surface area contributed by atoms with Crippen LogP contribution in [0.1, 0.15) is 29.8 Å². The van der Waals surface area contributed by atoms with Crippen molar-refractivity contribution in [1.82, 2.24) is 10.6 Å². The molecular formula is C21H28ClN3O3. The van der Waals surface area contributed by atoms with Crippen molar-refractivity contribution in [3.63, 3.8) is 0 Å². The van der Waals surface area contributed by atoms with Crippen LogP contribution in [-0.4, -0.2) is 31.5 Å². The molecular weight excluding hydrogens is 378 g/mol. The number of nitrogens with one attached hydrogen (secondary N) is 2. The largest absolute Gasteiger partial charge is 0.496 e. The van der Waals surface area contributed by atoms with Crippen molar-refractivity contribution in [3.8, 4) is 5.75 Å². The van der Waals surface area contributed by atoms with E-state index in [0.717, 1.165) is 5.56 Å². The van der Waals surface area contributed by atoms with E-state index in [9.17, 15) is 9.59 Å². The molecule has 2 aromatic carbocycles. The Morgan fingerprint density at radius 1 is 1.07 bits per heavy atom. The van der Waals surface area contributed by atoms with E-state index in [2.05, 4.69) is 10.6 Å². The van der Waals surface area contributed by atoms with E-state index in [-0.39, 0.29) is 30.1 Å². The first-order chi connectivity index (χ1) is 12.9. The van der Waals surface area contributed by atoms with Gasteiger partial charge >= 0.3 is 0 Å². The summed E-state index contributed by atoms with van der Waals surface area (Å²) in [6, 6.07) is 13.8. The fraction of sp³-hybridized carbons (Fsp3) is 0.333. The Balaban J connectivity index is 0.00000392. The zero-order valence-corrected chi connectivity index (χ0v) is 17.2. The highest BCUT2D eigenvalue weighted by Crippen LogP contribution is 2.17. The predicted molar refractivity (Wildman–Crippen MR) is 114 cm³/mol. The van der Waals surface area contributed by atoms with Crippen molar-refractivity contribution < 1.29 is 14.3 Å². The summed E-state index contributed by atoms with van der Waals surface area (Å²) in [7, 11) is 1.51. The highest BCUT2D eigenvalue weighted by molar-refractivity contribution is 5.99. The van der Waals surface area contributed by atoms with Gasteiger partial charge in [0.2, 0.25) is 5.91 Å². The number of benzene rings is 2. The quantitative estimate of drug-likeness (QED) is 0.588. The second-order valence-electron chi connectivity index (χ2n) is 6.68. The number of nitrogens with two attached hydrogens (primary N) is 1. The number of amides is 2. The van der Waals surface area contributed by atoms with Crippen LogP contribution in [0.4, 0.5) is 5.69 Å². The van der Waals surface area contributed by atoms with Crippen LogP contribution in [-0.2, 0) is 11.2 Å². The number of para-hydroxylation sites is 1. The molecule has 0 saturated heterocycles. The lowest BCUT2D eigenvalue weighted by Gasteiger charge is -2.22. The van der Waals surface area contributed by atoms with Gasteiger partial charge in [-0.1, -0.05) is 38.1 Å². The third-order valence-electron chi connectivity index (χ3n) is 4.28. The maximum Gasteiger partial charge on any atom is 0.255 e. The molecule has 0 aliphatic carbocycles. The van der Waals surface area contributed by atoms with Gasteiger partial charge in [0.1, 0.15) is 11.8 Å². The molecule has 7 heteroatoms. The van der Waals surface area contributed by atoms with Crippen molar-refractivity contribution in [1.29, 1.82) is 0 Å². The number of anilines is 1. The third-order valence-corrected chi connectivity index (χ3v) is 4.28. The van der Waals surface area contributed by atoms with Crippen molar-refractivity contribution in [3.05, 3.63) is 59.7 Å². The molecule has 0 aliphatic rings. The van der Waals surface area contributed by atoms with E-state index in [1.54, 1.807) is 24.3 Å². The van der Waals surface area contributed by atoms with Gasteiger partial charge in [0.15, 0.2) is 0 Å². The van der Waals surface area contributed by atoms with Gasteiger partial charge in [-0.3, -0.25) is 9.59 Å². The molecule has 1 unspecified atom stereocenters. The Morgan fingerprint density at radius 3 is 2.32 bits per heavy atom. The first-order valence-corrected chi connectivity index (χ1v) is 8.98. The van der Waals surface area contributed by atoms with Gasteiger partial charge in [-0.05, 0) is 42.2 Å². The summed E-state index contributed by atoms with van der Waals surface area (Å²) in [5.41, 5.74) is 7.87. The second kappa shape index (κ2) is 11.2. The maximum atomic E-state index is 12.6. The number of nitrogen functional groups attached to an aromatic ring is 1. The second-order valence-corrected chi connectivity index (χ2v) is 6.68. The van der Waals surface area contributed by atoms with E-state index >= 15 is 0 Å². The van der Waals surface area contributed by atoms with Crippen LogP contribution in [0.15, 0.2) is 48.5 Å². The van der Waals surface area contributed by atoms with Gasteiger partial charge in [-0.15, -0.1) is 12.4 Å². The molecule has 152 valence electrons. The summed E-state index contributed by atoms with van der Waals surface area (Å²) >= 11 is 0. The fourth-order valence-electron chi connectivity index (χ4n) is 2.71. The van der Waals surface area contributed by atoms with Crippen molar-refractivity contribution in [2.75, 3.05) is 19.4 Å². The standard InChI is InChI=1S/C21H27N3O3.ClH/c1-14(2)19(24-20(25)17-6-4-5-7-18(17)27-3)21(26)23-13-12-15-8-10-16(22)11-9-15;/h4-11,14,19H,12-13,22H2,1-3H3,(H,23,26)(H,24,25);1H. The summed E-state index contributed by atoms with van der Waals surface area (Å²) in [6.45, 7) is 4.27. The highest BCUT2D eigenvalue weighted by atomic mass is 35.5. The Kier molecular flexibility index (Phi) is 9.32. The molecule has 0 heterocycles. The number of hydrogen-bond donors (Lipinski definition) is 3. The number of hydrogen-bond acceptors (Lipinski definition) is 4. The summed E-state index contributed by atoms with van der Waals surface area (Å²) in [4.78, 5) is 25.2. The summed E-state index contributed by atoms with van der Waals surface area (Å²) < 4.78 is 5.22.